The van der Waals surface area contributed by atoms with Gasteiger partial charge in [0.05, 0.1) is 0 Å². The highest BCUT2D eigenvalue weighted by Crippen LogP contribution is 2.53. The summed E-state index contributed by atoms with van der Waals surface area (Å²) < 4.78 is 27.4. The predicted octanol–water partition coefficient (Wildman–Crippen LogP) is 4.54. The molecule has 0 bridgehead atoms. The Bertz CT molecular complexity index is 1560. The average Bonchev–Trinajstić information content (AvgIpc) is 3.65. The summed E-state index contributed by atoms with van der Waals surface area (Å²) in [5.41, 5.74) is 1.25. The van der Waals surface area contributed by atoms with Gasteiger partial charge < -0.3 is 10.4 Å². The van der Waals surface area contributed by atoms with Crippen LogP contribution in [0, 0.1) is 0 Å². The Labute approximate surface area is 225 Å². The van der Waals surface area contributed by atoms with Gasteiger partial charge in [-0.2, -0.15) is 4.72 Å². The number of anilines is 1. The van der Waals surface area contributed by atoms with E-state index in [4.69, 9.17) is 11.6 Å². The van der Waals surface area contributed by atoms with E-state index in [1.165, 1.54) is 12.3 Å². The molecule has 0 aliphatic heterocycles. The first-order chi connectivity index (χ1) is 18.1. The Kier molecular flexibility index (Phi) is 6.68. The van der Waals surface area contributed by atoms with Gasteiger partial charge in [0, 0.05) is 24.2 Å². The summed E-state index contributed by atoms with van der Waals surface area (Å²) in [7, 11) is -4.31. The standard InChI is InChI=1S/C28H24ClN3O5S/c29-27(14-12-20(13-15-27)19-7-2-1-3-8-19)38(36,37)32-28(26(34)35)18-23(28)21-9-6-10-22(17-21)31-25(33)24-11-4-5-16-30-24/h1-14,16-17,23,32H,15,18H2,(H,31,33)(H,34,35)/t23-,27?,28+/m0/s1. The number of nitrogens with one attached hydrogen (secondary N) is 2. The molecule has 2 aromatic carbocycles. The number of carbonyl (C=O) groups is 2. The number of alkyl halides is 1. The Morgan fingerprint density at radius 3 is 2.45 bits per heavy atom. The third-order valence-electron chi connectivity index (χ3n) is 6.77. The molecule has 2 aliphatic carbocycles. The van der Waals surface area contributed by atoms with Crippen LogP contribution >= 0.6 is 11.6 Å². The molecular formula is C28H24ClN3O5S. The van der Waals surface area contributed by atoms with Crippen LogP contribution in [0.15, 0.2) is 97.2 Å². The second-order valence-corrected chi connectivity index (χ2v) is 12.1. The monoisotopic (exact) mass is 549 g/mol. The van der Waals surface area contributed by atoms with Crippen molar-refractivity contribution < 1.29 is 23.1 Å². The van der Waals surface area contributed by atoms with Gasteiger partial charge in [-0.05, 0) is 53.5 Å². The molecule has 1 heterocycles. The Balaban J connectivity index is 1.33. The predicted molar refractivity (Wildman–Crippen MR) is 145 cm³/mol. The van der Waals surface area contributed by atoms with Crippen molar-refractivity contribution in [1.82, 2.24) is 9.71 Å². The molecule has 0 radical (unpaired) electrons. The highest BCUT2D eigenvalue weighted by atomic mass is 35.5. The Morgan fingerprint density at radius 1 is 1.03 bits per heavy atom. The van der Waals surface area contributed by atoms with Crippen LogP contribution in [0.4, 0.5) is 5.69 Å². The van der Waals surface area contributed by atoms with Crippen LogP contribution in [0.1, 0.15) is 40.4 Å². The lowest BCUT2D eigenvalue weighted by molar-refractivity contribution is -0.140. The van der Waals surface area contributed by atoms with E-state index in [0.717, 1.165) is 11.1 Å². The quantitative estimate of drug-likeness (QED) is 0.354. The fraction of sp³-hybridized carbons (Fsp3) is 0.179. The first-order valence-corrected chi connectivity index (χ1v) is 13.7. The van der Waals surface area contributed by atoms with Crippen LogP contribution in [0.3, 0.4) is 0 Å². The fourth-order valence-electron chi connectivity index (χ4n) is 4.55. The average molecular weight is 550 g/mol. The summed E-state index contributed by atoms with van der Waals surface area (Å²) >= 11 is 6.56. The van der Waals surface area contributed by atoms with Crippen LogP contribution in [-0.2, 0) is 14.8 Å². The van der Waals surface area contributed by atoms with Gasteiger partial charge in [-0.25, -0.2) is 8.42 Å². The second-order valence-electron chi connectivity index (χ2n) is 9.28. The number of amides is 1. The molecular weight excluding hydrogens is 526 g/mol. The molecule has 2 aliphatic rings. The van der Waals surface area contributed by atoms with Crippen LogP contribution < -0.4 is 10.0 Å². The summed E-state index contributed by atoms with van der Waals surface area (Å²) in [6.07, 6.45) is 6.27. The van der Waals surface area contributed by atoms with Gasteiger partial charge in [-0.3, -0.25) is 14.6 Å². The molecule has 3 N–H and O–H groups in total. The number of carbonyl (C=O) groups excluding carboxylic acids is 1. The SMILES string of the molecule is O=C(Nc1cccc([C@@H]2C[C@]2(NS(=O)(=O)C2(Cl)C=CC(c3ccccc3)=CC2)C(=O)O)c1)c1ccccn1. The number of rotatable bonds is 8. The third kappa shape index (κ3) is 4.88. The van der Waals surface area contributed by atoms with Crippen molar-refractivity contribution in [3.05, 3.63) is 114 Å². The number of benzene rings is 2. The lowest BCUT2D eigenvalue weighted by Gasteiger charge is -2.28. The lowest BCUT2D eigenvalue weighted by Crippen LogP contribution is -2.51. The van der Waals surface area contributed by atoms with Crippen molar-refractivity contribution in [2.45, 2.75) is 28.5 Å². The van der Waals surface area contributed by atoms with Gasteiger partial charge >= 0.3 is 5.97 Å². The zero-order valence-corrected chi connectivity index (χ0v) is 21.6. The number of aromatic nitrogens is 1. The minimum atomic E-state index is -4.31. The van der Waals surface area contributed by atoms with Crippen LogP contribution in [-0.4, -0.2) is 40.1 Å². The second kappa shape index (κ2) is 9.83. The van der Waals surface area contributed by atoms with Crippen molar-refractivity contribution in [2.75, 3.05) is 5.32 Å². The Hall–Kier alpha value is -3.79. The smallest absolute Gasteiger partial charge is 0.325 e. The van der Waals surface area contributed by atoms with Crippen molar-refractivity contribution >= 4 is 44.8 Å². The molecule has 3 aromatic rings. The van der Waals surface area contributed by atoms with Gasteiger partial charge in [0.25, 0.3) is 5.91 Å². The number of pyridine rings is 1. The van der Waals surface area contributed by atoms with E-state index in [0.29, 0.717) is 11.3 Å². The maximum Gasteiger partial charge on any atom is 0.325 e. The van der Waals surface area contributed by atoms with E-state index in [9.17, 15) is 23.1 Å². The van der Waals surface area contributed by atoms with E-state index >= 15 is 0 Å². The molecule has 38 heavy (non-hydrogen) atoms. The molecule has 1 unspecified atom stereocenters. The fourth-order valence-corrected chi connectivity index (χ4v) is 6.32. The van der Waals surface area contributed by atoms with Crippen LogP contribution in [0.2, 0.25) is 0 Å². The molecule has 8 nitrogen and oxygen atoms in total. The largest absolute Gasteiger partial charge is 0.480 e. The van der Waals surface area contributed by atoms with Crippen molar-refractivity contribution in [1.29, 1.82) is 0 Å². The van der Waals surface area contributed by atoms with Gasteiger partial charge in [-0.15, -0.1) is 0 Å². The van der Waals surface area contributed by atoms with Crippen LogP contribution in [0.25, 0.3) is 5.57 Å². The minimum absolute atomic E-state index is 0.0278. The van der Waals surface area contributed by atoms with Crippen molar-refractivity contribution in [2.24, 2.45) is 0 Å². The summed E-state index contributed by atoms with van der Waals surface area (Å²) in [6.45, 7) is 0. The summed E-state index contributed by atoms with van der Waals surface area (Å²) in [5.74, 6) is -2.36. The zero-order valence-electron chi connectivity index (χ0n) is 20.0. The van der Waals surface area contributed by atoms with E-state index in [1.807, 2.05) is 30.3 Å². The molecule has 10 heteroatoms. The molecule has 1 amide bonds. The van der Waals surface area contributed by atoms with Crippen LogP contribution in [0.5, 0.6) is 0 Å². The molecule has 0 saturated heterocycles. The molecule has 1 fully saturated rings. The third-order valence-corrected chi connectivity index (χ3v) is 9.49. The molecule has 1 saturated carbocycles. The summed E-state index contributed by atoms with van der Waals surface area (Å²) in [5, 5.41) is 12.8. The molecule has 194 valence electrons. The van der Waals surface area contributed by atoms with Gasteiger partial charge in [0.15, 0.2) is 4.21 Å². The Morgan fingerprint density at radius 2 is 1.79 bits per heavy atom. The molecule has 3 atom stereocenters. The summed E-state index contributed by atoms with van der Waals surface area (Å²) in [6, 6.07) is 21.1. The first-order valence-electron chi connectivity index (χ1n) is 11.9. The van der Waals surface area contributed by atoms with E-state index < -0.39 is 37.6 Å². The zero-order chi connectivity index (χ0) is 27.0. The number of aliphatic carboxylic acids is 1. The van der Waals surface area contributed by atoms with Crippen molar-refractivity contribution in [3.8, 4) is 0 Å². The van der Waals surface area contributed by atoms with E-state index in [2.05, 4.69) is 15.0 Å². The highest BCUT2D eigenvalue weighted by molar-refractivity contribution is 7.92. The topological polar surface area (TPSA) is 125 Å². The number of hydrogen-bond acceptors (Lipinski definition) is 5. The number of halogens is 1. The number of sulfonamides is 1. The number of nitrogens with zero attached hydrogens (tertiary/aromatic N) is 1. The number of hydrogen-bond donors (Lipinski definition) is 3. The molecule has 5 rings (SSSR count). The maximum atomic E-state index is 13.4. The maximum absolute atomic E-state index is 13.4. The van der Waals surface area contributed by atoms with E-state index in [1.54, 1.807) is 54.6 Å². The first kappa shape index (κ1) is 25.8. The van der Waals surface area contributed by atoms with Gasteiger partial charge in [-0.1, -0.05) is 72.3 Å². The number of carboxylic acid groups (broad SMARTS) is 1. The van der Waals surface area contributed by atoms with Gasteiger partial charge in [0.1, 0.15) is 11.2 Å². The van der Waals surface area contributed by atoms with Gasteiger partial charge in [0.2, 0.25) is 10.0 Å². The highest BCUT2D eigenvalue weighted by Gasteiger charge is 2.64. The lowest BCUT2D eigenvalue weighted by atomic mass is 9.99. The minimum Gasteiger partial charge on any atom is -0.480 e. The summed E-state index contributed by atoms with van der Waals surface area (Å²) in [4.78, 5) is 28.8. The number of allylic oxidation sites excluding steroid dienone is 3. The van der Waals surface area contributed by atoms with Crippen molar-refractivity contribution in [3.63, 3.8) is 0 Å². The normalized spacial score (nSPS) is 24.3. The van der Waals surface area contributed by atoms with E-state index in [-0.39, 0.29) is 18.5 Å². The number of carboxylic acids is 1. The molecule has 0 spiro atoms. The molecule has 1 aromatic heterocycles.